The van der Waals surface area contributed by atoms with E-state index in [0.717, 1.165) is 0 Å². The molecular formula is C8H6BrF3N2. The van der Waals surface area contributed by atoms with Gasteiger partial charge in [-0.25, -0.2) is 0 Å². The van der Waals surface area contributed by atoms with E-state index < -0.39 is 11.9 Å². The average Bonchev–Trinajstić information content (AvgIpc) is 2.07. The Labute approximate surface area is 86.7 Å². The average molecular weight is 267 g/mol. The largest absolute Gasteiger partial charge is 0.435 e. The quantitative estimate of drug-likeness (QED) is 0.474. The lowest BCUT2D eigenvalue weighted by molar-refractivity contribution is -0.0582. The molecule has 0 aliphatic rings. The van der Waals surface area contributed by atoms with Gasteiger partial charge in [0, 0.05) is 10.0 Å². The molecule has 2 nitrogen and oxygen atoms in total. The van der Waals surface area contributed by atoms with E-state index in [1.165, 1.54) is 24.3 Å². The lowest BCUT2D eigenvalue weighted by atomic mass is 10.1. The molecule has 0 unspecified atom stereocenters. The van der Waals surface area contributed by atoms with Crippen molar-refractivity contribution in [1.82, 2.24) is 0 Å². The smallest absolute Gasteiger partial charge is 0.323 e. The van der Waals surface area contributed by atoms with Crippen LogP contribution in [0, 0.1) is 0 Å². The Morgan fingerprint density at radius 1 is 1.21 bits per heavy atom. The third-order valence-electron chi connectivity index (χ3n) is 1.52. The third kappa shape index (κ3) is 2.47. The van der Waals surface area contributed by atoms with Crippen molar-refractivity contribution in [3.8, 4) is 0 Å². The molecule has 1 rings (SSSR count). The second kappa shape index (κ2) is 4.00. The zero-order valence-electron chi connectivity index (χ0n) is 6.85. The van der Waals surface area contributed by atoms with E-state index in [1.54, 1.807) is 0 Å². The lowest BCUT2D eigenvalue weighted by Crippen LogP contribution is -2.25. The van der Waals surface area contributed by atoms with Gasteiger partial charge in [-0.15, -0.1) is 0 Å². The SMILES string of the molecule is N/N=C(/c1ccc(Br)cc1)C(F)(F)F. The van der Waals surface area contributed by atoms with Crippen molar-refractivity contribution in [3.63, 3.8) is 0 Å². The summed E-state index contributed by atoms with van der Waals surface area (Å²) in [5.74, 6) is 4.69. The van der Waals surface area contributed by atoms with Crippen molar-refractivity contribution in [2.24, 2.45) is 10.9 Å². The van der Waals surface area contributed by atoms with Crippen LogP contribution >= 0.6 is 15.9 Å². The van der Waals surface area contributed by atoms with Crippen molar-refractivity contribution in [1.29, 1.82) is 0 Å². The van der Waals surface area contributed by atoms with Gasteiger partial charge in [-0.3, -0.25) is 0 Å². The minimum Gasteiger partial charge on any atom is -0.323 e. The van der Waals surface area contributed by atoms with Gasteiger partial charge >= 0.3 is 6.18 Å². The van der Waals surface area contributed by atoms with Crippen LogP contribution in [0.3, 0.4) is 0 Å². The van der Waals surface area contributed by atoms with Gasteiger partial charge in [-0.05, 0) is 12.1 Å². The van der Waals surface area contributed by atoms with E-state index >= 15 is 0 Å². The second-order valence-electron chi connectivity index (χ2n) is 2.48. The maximum Gasteiger partial charge on any atom is 0.435 e. The van der Waals surface area contributed by atoms with E-state index in [4.69, 9.17) is 0 Å². The van der Waals surface area contributed by atoms with E-state index in [0.29, 0.717) is 4.47 Å². The van der Waals surface area contributed by atoms with Crippen LogP contribution in [0.4, 0.5) is 13.2 Å². The molecule has 2 N–H and O–H groups in total. The highest BCUT2D eigenvalue weighted by Gasteiger charge is 2.36. The van der Waals surface area contributed by atoms with Crippen molar-refractivity contribution in [3.05, 3.63) is 34.3 Å². The molecule has 0 aliphatic heterocycles. The Bertz CT molecular complexity index is 343. The Morgan fingerprint density at radius 2 is 1.71 bits per heavy atom. The minimum absolute atomic E-state index is 0.0526. The monoisotopic (exact) mass is 266 g/mol. The predicted octanol–water partition coefficient (Wildman–Crippen LogP) is 2.67. The number of rotatable bonds is 1. The van der Waals surface area contributed by atoms with Crippen molar-refractivity contribution in [2.75, 3.05) is 0 Å². The molecule has 0 spiro atoms. The Kier molecular flexibility index (Phi) is 3.15. The molecule has 0 atom stereocenters. The highest BCUT2D eigenvalue weighted by Crippen LogP contribution is 2.23. The van der Waals surface area contributed by atoms with Gasteiger partial charge in [0.05, 0.1) is 0 Å². The number of hydrazone groups is 1. The Hall–Kier alpha value is -1.04. The molecular weight excluding hydrogens is 261 g/mol. The zero-order valence-corrected chi connectivity index (χ0v) is 8.43. The van der Waals surface area contributed by atoms with Gasteiger partial charge in [0.15, 0.2) is 5.71 Å². The van der Waals surface area contributed by atoms with Crippen LogP contribution in [-0.4, -0.2) is 11.9 Å². The van der Waals surface area contributed by atoms with Gasteiger partial charge in [-0.2, -0.15) is 18.3 Å². The second-order valence-corrected chi connectivity index (χ2v) is 3.40. The first-order chi connectivity index (χ1) is 6.45. The molecule has 1 aromatic rings. The van der Waals surface area contributed by atoms with Crippen LogP contribution in [-0.2, 0) is 0 Å². The zero-order chi connectivity index (χ0) is 10.8. The summed E-state index contributed by atoms with van der Waals surface area (Å²) in [6, 6.07) is 5.57. The Balaban J connectivity index is 3.10. The van der Waals surface area contributed by atoms with Crippen LogP contribution in [0.5, 0.6) is 0 Å². The molecule has 76 valence electrons. The maximum absolute atomic E-state index is 12.3. The van der Waals surface area contributed by atoms with Gasteiger partial charge in [0.1, 0.15) is 0 Å². The van der Waals surface area contributed by atoms with Crippen LogP contribution in [0.2, 0.25) is 0 Å². The van der Waals surface area contributed by atoms with Crippen molar-refractivity contribution >= 4 is 21.6 Å². The molecule has 0 heterocycles. The highest BCUT2D eigenvalue weighted by atomic mass is 79.9. The molecule has 0 radical (unpaired) electrons. The van der Waals surface area contributed by atoms with Crippen LogP contribution < -0.4 is 5.84 Å². The van der Waals surface area contributed by atoms with Crippen LogP contribution in [0.25, 0.3) is 0 Å². The topological polar surface area (TPSA) is 38.4 Å². The summed E-state index contributed by atoms with van der Waals surface area (Å²) < 4.78 is 37.5. The first kappa shape index (κ1) is 11.0. The third-order valence-corrected chi connectivity index (χ3v) is 2.04. The molecule has 0 saturated heterocycles. The van der Waals surface area contributed by atoms with E-state index in [9.17, 15) is 13.2 Å². The standard InChI is InChI=1S/C8H6BrF3N2/c9-6-3-1-5(2-4-6)7(14-13)8(10,11)12/h1-4H,13H2/b14-7-. The number of alkyl halides is 3. The summed E-state index contributed by atoms with van der Waals surface area (Å²) in [6.07, 6.45) is -4.53. The number of nitrogens with zero attached hydrogens (tertiary/aromatic N) is 1. The van der Waals surface area contributed by atoms with Crippen LogP contribution in [0.1, 0.15) is 5.56 Å². The van der Waals surface area contributed by atoms with Gasteiger partial charge in [0.2, 0.25) is 0 Å². The first-order valence-corrected chi connectivity index (χ1v) is 4.35. The van der Waals surface area contributed by atoms with Crippen molar-refractivity contribution < 1.29 is 13.2 Å². The normalized spacial score (nSPS) is 13.0. The van der Waals surface area contributed by atoms with Crippen molar-refractivity contribution in [2.45, 2.75) is 6.18 Å². The molecule has 0 bridgehead atoms. The molecule has 1 aromatic carbocycles. The summed E-state index contributed by atoms with van der Waals surface area (Å²) in [7, 11) is 0. The minimum atomic E-state index is -4.53. The summed E-state index contributed by atoms with van der Waals surface area (Å²) in [5.41, 5.74) is -1.13. The summed E-state index contributed by atoms with van der Waals surface area (Å²) in [4.78, 5) is 0. The van der Waals surface area contributed by atoms with E-state index in [2.05, 4.69) is 26.9 Å². The molecule has 0 aliphatic carbocycles. The van der Waals surface area contributed by atoms with Crippen LogP contribution in [0.15, 0.2) is 33.8 Å². The maximum atomic E-state index is 12.3. The number of nitrogens with two attached hydrogens (primary N) is 1. The summed E-state index contributed by atoms with van der Waals surface area (Å²) >= 11 is 3.11. The number of hydrogen-bond donors (Lipinski definition) is 1. The molecule has 0 amide bonds. The number of halogens is 4. The predicted molar refractivity (Wildman–Crippen MR) is 50.9 cm³/mol. The number of benzene rings is 1. The summed E-state index contributed by atoms with van der Waals surface area (Å²) in [5, 5.41) is 2.74. The molecule has 14 heavy (non-hydrogen) atoms. The molecule has 0 aromatic heterocycles. The molecule has 0 saturated carbocycles. The fraction of sp³-hybridized carbons (Fsp3) is 0.125. The summed E-state index contributed by atoms with van der Waals surface area (Å²) in [6.45, 7) is 0. The van der Waals surface area contributed by atoms with Gasteiger partial charge in [-0.1, -0.05) is 28.1 Å². The first-order valence-electron chi connectivity index (χ1n) is 3.56. The number of hydrogen-bond acceptors (Lipinski definition) is 2. The van der Waals surface area contributed by atoms with E-state index in [1.807, 2.05) is 0 Å². The highest BCUT2D eigenvalue weighted by molar-refractivity contribution is 9.10. The fourth-order valence-electron chi connectivity index (χ4n) is 0.919. The van der Waals surface area contributed by atoms with Gasteiger partial charge in [0.25, 0.3) is 0 Å². The Morgan fingerprint density at radius 3 is 2.07 bits per heavy atom. The van der Waals surface area contributed by atoms with E-state index in [-0.39, 0.29) is 5.56 Å². The molecule has 6 heteroatoms. The molecule has 0 fully saturated rings. The van der Waals surface area contributed by atoms with Gasteiger partial charge < -0.3 is 5.84 Å². The fourth-order valence-corrected chi connectivity index (χ4v) is 1.18. The lowest BCUT2D eigenvalue weighted by Gasteiger charge is -2.08.